The van der Waals surface area contributed by atoms with Crippen molar-refractivity contribution in [1.29, 1.82) is 0 Å². The molecule has 2 rings (SSSR count). The fraction of sp³-hybridized carbons (Fsp3) is 0.385. The molecule has 1 heterocycles. The second kappa shape index (κ2) is 6.43. The van der Waals surface area contributed by atoms with Crippen LogP contribution in [0.5, 0.6) is 0 Å². The number of hydrogen-bond donors (Lipinski definition) is 3. The topological polar surface area (TPSA) is 60.8 Å². The van der Waals surface area contributed by atoms with Gasteiger partial charge in [-0.15, -0.1) is 0 Å². The Morgan fingerprint density at radius 2 is 2.00 bits per heavy atom. The summed E-state index contributed by atoms with van der Waals surface area (Å²) in [5.74, 6) is 1.46. The fourth-order valence-corrected chi connectivity index (χ4v) is 2.04. The van der Waals surface area contributed by atoms with E-state index in [0.29, 0.717) is 0 Å². The molecule has 1 aliphatic heterocycles. The lowest BCUT2D eigenvalue weighted by atomic mass is 10.1. The Morgan fingerprint density at radius 1 is 1.26 bits per heavy atom. The van der Waals surface area contributed by atoms with E-state index in [1.807, 2.05) is 38.2 Å². The van der Waals surface area contributed by atoms with Gasteiger partial charge in [0.1, 0.15) is 6.17 Å². The van der Waals surface area contributed by atoms with Gasteiger partial charge in [0.05, 0.1) is 0 Å². The maximum atomic E-state index is 6.11. The number of nitrogens with one attached hydrogen (secondary N) is 3. The number of guanidine groups is 2. The molecule has 0 fully saturated rings. The van der Waals surface area contributed by atoms with Crippen LogP contribution in [-0.2, 0) is 6.42 Å². The van der Waals surface area contributed by atoms with Gasteiger partial charge in [0.2, 0.25) is 0 Å². The van der Waals surface area contributed by atoms with E-state index in [4.69, 9.17) is 11.6 Å². The highest BCUT2D eigenvalue weighted by Crippen LogP contribution is 2.14. The van der Waals surface area contributed by atoms with Crippen LogP contribution in [0.4, 0.5) is 0 Å². The Hall–Kier alpha value is -1.75. The summed E-state index contributed by atoms with van der Waals surface area (Å²) in [7, 11) is 1.82. The van der Waals surface area contributed by atoms with Gasteiger partial charge in [-0.2, -0.15) is 0 Å². The van der Waals surface area contributed by atoms with Crippen molar-refractivity contribution in [3.63, 3.8) is 0 Å². The van der Waals surface area contributed by atoms with Crippen LogP contribution in [0.25, 0.3) is 0 Å². The van der Waals surface area contributed by atoms with E-state index in [0.717, 1.165) is 35.5 Å². The summed E-state index contributed by atoms with van der Waals surface area (Å²) >= 11 is 6.11. The van der Waals surface area contributed by atoms with Gasteiger partial charge in [-0.1, -0.05) is 29.8 Å². The molecule has 1 atom stereocenters. The predicted octanol–water partition coefficient (Wildman–Crippen LogP) is 1.35. The first kappa shape index (κ1) is 13.7. The number of benzene rings is 1. The molecular formula is C13H18ClN5. The summed E-state index contributed by atoms with van der Waals surface area (Å²) in [5.41, 5.74) is 1.13. The lowest BCUT2D eigenvalue weighted by Crippen LogP contribution is -2.49. The molecule has 1 aromatic carbocycles. The van der Waals surface area contributed by atoms with Crippen LogP contribution in [0.1, 0.15) is 12.5 Å². The zero-order valence-electron chi connectivity index (χ0n) is 11.1. The molecule has 0 bridgehead atoms. The average Bonchev–Trinajstić information content (AvgIpc) is 2.40. The van der Waals surface area contributed by atoms with Crippen LogP contribution in [0.2, 0.25) is 5.02 Å². The molecule has 0 radical (unpaired) electrons. The van der Waals surface area contributed by atoms with Crippen LogP contribution < -0.4 is 16.0 Å². The van der Waals surface area contributed by atoms with E-state index >= 15 is 0 Å². The summed E-state index contributed by atoms with van der Waals surface area (Å²) in [6, 6.07) is 7.86. The standard InChI is InChI=1S/C13H18ClN5/c1-9-17-12(15-2)19-13(18-9)16-8-7-10-5-3-4-6-11(10)14/h3-6,9H,7-8H2,1-2H3,(H3,15,16,17,18,19). The second-order valence-corrected chi connectivity index (χ2v) is 4.64. The third-order valence-electron chi connectivity index (χ3n) is 2.75. The van der Waals surface area contributed by atoms with Crippen molar-refractivity contribution in [2.75, 3.05) is 13.6 Å². The second-order valence-electron chi connectivity index (χ2n) is 4.23. The normalized spacial score (nSPS) is 18.2. The molecule has 3 N–H and O–H groups in total. The fourth-order valence-electron chi connectivity index (χ4n) is 1.81. The molecule has 5 nitrogen and oxygen atoms in total. The SMILES string of the molecule is CNC1=NC(C)N=C(NCCc2ccccc2Cl)N1. The minimum Gasteiger partial charge on any atom is -0.359 e. The van der Waals surface area contributed by atoms with Gasteiger partial charge < -0.3 is 10.6 Å². The number of hydrogen-bond acceptors (Lipinski definition) is 5. The molecule has 19 heavy (non-hydrogen) atoms. The third kappa shape index (κ3) is 3.86. The first-order valence-corrected chi connectivity index (χ1v) is 6.64. The van der Waals surface area contributed by atoms with Crippen LogP contribution in [0.15, 0.2) is 34.3 Å². The van der Waals surface area contributed by atoms with Crippen molar-refractivity contribution in [2.45, 2.75) is 19.5 Å². The average molecular weight is 280 g/mol. The summed E-state index contributed by atoms with van der Waals surface area (Å²) in [5, 5.41) is 10.1. The summed E-state index contributed by atoms with van der Waals surface area (Å²) in [6.07, 6.45) is 0.771. The van der Waals surface area contributed by atoms with Crippen LogP contribution in [0, 0.1) is 0 Å². The van der Waals surface area contributed by atoms with Gasteiger partial charge in [-0.05, 0) is 25.0 Å². The Labute approximate surface area is 118 Å². The maximum Gasteiger partial charge on any atom is 0.200 e. The summed E-state index contributed by atoms with van der Waals surface area (Å²) < 4.78 is 0. The van der Waals surface area contributed by atoms with Gasteiger partial charge in [0, 0.05) is 18.6 Å². The minimum atomic E-state index is -0.0773. The predicted molar refractivity (Wildman–Crippen MR) is 79.7 cm³/mol. The van der Waals surface area contributed by atoms with Crippen molar-refractivity contribution in [1.82, 2.24) is 16.0 Å². The Morgan fingerprint density at radius 3 is 2.74 bits per heavy atom. The highest BCUT2D eigenvalue weighted by atomic mass is 35.5. The summed E-state index contributed by atoms with van der Waals surface area (Å²) in [4.78, 5) is 8.65. The molecule has 1 unspecified atom stereocenters. The van der Waals surface area contributed by atoms with Crippen LogP contribution in [0.3, 0.4) is 0 Å². The molecule has 102 valence electrons. The van der Waals surface area contributed by atoms with Crippen molar-refractivity contribution in [3.05, 3.63) is 34.9 Å². The van der Waals surface area contributed by atoms with Gasteiger partial charge in [-0.25, -0.2) is 9.98 Å². The van der Waals surface area contributed by atoms with Gasteiger partial charge in [-0.3, -0.25) is 5.32 Å². The highest BCUT2D eigenvalue weighted by molar-refractivity contribution is 6.31. The Kier molecular flexibility index (Phi) is 4.63. The number of halogens is 1. The van der Waals surface area contributed by atoms with Gasteiger partial charge in [0.25, 0.3) is 0 Å². The van der Waals surface area contributed by atoms with Gasteiger partial charge in [0.15, 0.2) is 11.9 Å². The monoisotopic (exact) mass is 279 g/mol. The number of aliphatic imine (C=N–C) groups is 2. The van der Waals surface area contributed by atoms with Crippen molar-refractivity contribution in [2.24, 2.45) is 9.98 Å². The van der Waals surface area contributed by atoms with E-state index in [1.54, 1.807) is 0 Å². The lowest BCUT2D eigenvalue weighted by molar-refractivity contribution is 0.728. The quantitative estimate of drug-likeness (QED) is 0.783. The highest BCUT2D eigenvalue weighted by Gasteiger charge is 2.11. The molecule has 1 aliphatic rings. The van der Waals surface area contributed by atoms with Gasteiger partial charge >= 0.3 is 0 Å². The zero-order chi connectivity index (χ0) is 13.7. The molecule has 1 aromatic rings. The molecule has 0 amide bonds. The Balaban J connectivity index is 1.85. The van der Waals surface area contributed by atoms with E-state index in [9.17, 15) is 0 Å². The van der Waals surface area contributed by atoms with E-state index in [2.05, 4.69) is 25.9 Å². The molecule has 0 spiro atoms. The van der Waals surface area contributed by atoms with Crippen molar-refractivity contribution < 1.29 is 0 Å². The molecule has 6 heteroatoms. The van der Waals surface area contributed by atoms with E-state index < -0.39 is 0 Å². The number of rotatable bonds is 3. The largest absolute Gasteiger partial charge is 0.359 e. The molecule has 0 aliphatic carbocycles. The lowest BCUT2D eigenvalue weighted by Gasteiger charge is -2.19. The van der Waals surface area contributed by atoms with Crippen molar-refractivity contribution >= 4 is 23.5 Å². The van der Waals surface area contributed by atoms with E-state index in [1.165, 1.54) is 0 Å². The van der Waals surface area contributed by atoms with E-state index in [-0.39, 0.29) is 6.17 Å². The molecular weight excluding hydrogens is 262 g/mol. The molecule has 0 aromatic heterocycles. The van der Waals surface area contributed by atoms with Crippen LogP contribution >= 0.6 is 11.6 Å². The zero-order valence-corrected chi connectivity index (χ0v) is 11.8. The maximum absolute atomic E-state index is 6.11. The minimum absolute atomic E-state index is 0.0773. The Bertz CT molecular complexity index is 498. The molecule has 0 saturated carbocycles. The van der Waals surface area contributed by atoms with Crippen LogP contribution in [-0.4, -0.2) is 31.7 Å². The molecule has 0 saturated heterocycles. The summed E-state index contributed by atoms with van der Waals surface area (Å²) in [6.45, 7) is 2.70. The third-order valence-corrected chi connectivity index (χ3v) is 3.12. The van der Waals surface area contributed by atoms with Crippen molar-refractivity contribution in [3.8, 4) is 0 Å². The first-order chi connectivity index (χ1) is 9.19. The smallest absolute Gasteiger partial charge is 0.200 e. The number of nitrogens with zero attached hydrogens (tertiary/aromatic N) is 2. The first-order valence-electron chi connectivity index (χ1n) is 6.26.